The molecular formula is C28H40N2O4Si. The van der Waals surface area contributed by atoms with Crippen LogP contribution in [0.25, 0.3) is 10.9 Å². The standard InChI is InChI=1S/C28H40N2O4Si/c1-27(2,3)35(6,7)34-24(21-11-13-23(32)26-22(21)12-14-25(33)30-26)17-29-28(4,5)16-19-9-8-10-20(15-19)18-31/h8-15,24,29,31-32H,16-18H2,1-7H3,(H,30,33). The lowest BCUT2D eigenvalue weighted by atomic mass is 9.93. The summed E-state index contributed by atoms with van der Waals surface area (Å²) in [6.45, 7) is 16.0. The molecule has 0 radical (unpaired) electrons. The zero-order valence-electron chi connectivity index (χ0n) is 22.0. The van der Waals surface area contributed by atoms with Gasteiger partial charge in [0.25, 0.3) is 0 Å². The number of phenolic OH excluding ortho intramolecular Hbond substituents is 1. The molecule has 190 valence electrons. The van der Waals surface area contributed by atoms with Gasteiger partial charge < -0.3 is 24.9 Å². The quantitative estimate of drug-likeness (QED) is 0.298. The summed E-state index contributed by atoms with van der Waals surface area (Å²) in [6, 6.07) is 14.8. The molecule has 0 saturated heterocycles. The molecule has 1 aromatic heterocycles. The van der Waals surface area contributed by atoms with Gasteiger partial charge in [0, 0.05) is 23.5 Å². The molecular weight excluding hydrogens is 456 g/mol. The van der Waals surface area contributed by atoms with Gasteiger partial charge >= 0.3 is 0 Å². The molecule has 0 aliphatic heterocycles. The number of nitrogens with one attached hydrogen (secondary N) is 2. The van der Waals surface area contributed by atoms with Crippen molar-refractivity contribution in [2.75, 3.05) is 6.54 Å². The lowest BCUT2D eigenvalue weighted by Crippen LogP contribution is -2.47. The van der Waals surface area contributed by atoms with Gasteiger partial charge in [-0.2, -0.15) is 0 Å². The summed E-state index contributed by atoms with van der Waals surface area (Å²) in [5, 5.41) is 24.4. The maximum absolute atomic E-state index is 11.9. The Labute approximate surface area is 209 Å². The summed E-state index contributed by atoms with van der Waals surface area (Å²) < 4.78 is 6.92. The first-order valence-corrected chi connectivity index (χ1v) is 15.1. The Morgan fingerprint density at radius 3 is 2.37 bits per heavy atom. The molecule has 6 nitrogen and oxygen atoms in total. The van der Waals surface area contributed by atoms with Crippen LogP contribution in [-0.2, 0) is 17.5 Å². The van der Waals surface area contributed by atoms with E-state index in [1.165, 1.54) is 6.07 Å². The molecule has 1 atom stereocenters. The van der Waals surface area contributed by atoms with Gasteiger partial charge in [0.15, 0.2) is 8.32 Å². The normalized spacial score (nSPS) is 13.8. The Hall–Kier alpha value is -2.45. The molecule has 35 heavy (non-hydrogen) atoms. The first-order valence-electron chi connectivity index (χ1n) is 12.2. The Bertz CT molecular complexity index is 1230. The van der Waals surface area contributed by atoms with Crippen molar-refractivity contribution in [1.82, 2.24) is 10.3 Å². The minimum atomic E-state index is -2.15. The fourth-order valence-electron chi connectivity index (χ4n) is 4.07. The van der Waals surface area contributed by atoms with Crippen LogP contribution in [0.1, 0.15) is 57.4 Å². The molecule has 0 amide bonds. The lowest BCUT2D eigenvalue weighted by Gasteiger charge is -2.40. The van der Waals surface area contributed by atoms with E-state index < -0.39 is 8.32 Å². The van der Waals surface area contributed by atoms with E-state index in [-0.39, 0.29) is 34.6 Å². The summed E-state index contributed by atoms with van der Waals surface area (Å²) >= 11 is 0. The lowest BCUT2D eigenvalue weighted by molar-refractivity contribution is 0.168. The fraction of sp³-hybridized carbons (Fsp3) is 0.464. The van der Waals surface area contributed by atoms with E-state index in [4.69, 9.17) is 4.43 Å². The van der Waals surface area contributed by atoms with E-state index in [2.05, 4.69) is 64.1 Å². The molecule has 0 aliphatic rings. The van der Waals surface area contributed by atoms with Crippen LogP contribution in [0.15, 0.2) is 53.3 Å². The van der Waals surface area contributed by atoms with Crippen LogP contribution in [-0.4, -0.2) is 35.6 Å². The summed E-state index contributed by atoms with van der Waals surface area (Å²) in [5.74, 6) is 0.0459. The Morgan fingerprint density at radius 2 is 1.71 bits per heavy atom. The second-order valence-corrected chi connectivity index (χ2v) is 16.3. The van der Waals surface area contributed by atoms with Crippen LogP contribution in [0.2, 0.25) is 18.1 Å². The molecule has 0 fully saturated rings. The first kappa shape index (κ1) is 27.1. The Balaban J connectivity index is 1.95. The number of aliphatic hydroxyl groups is 1. The van der Waals surface area contributed by atoms with Crippen LogP contribution >= 0.6 is 0 Å². The largest absolute Gasteiger partial charge is 0.506 e. The van der Waals surface area contributed by atoms with Gasteiger partial charge in [-0.1, -0.05) is 51.1 Å². The zero-order valence-corrected chi connectivity index (χ0v) is 23.0. The van der Waals surface area contributed by atoms with E-state index in [0.717, 1.165) is 28.5 Å². The second kappa shape index (κ2) is 10.3. The highest BCUT2D eigenvalue weighted by molar-refractivity contribution is 6.74. The maximum atomic E-state index is 11.9. The highest BCUT2D eigenvalue weighted by Gasteiger charge is 2.40. The third kappa shape index (κ3) is 6.61. The van der Waals surface area contributed by atoms with Crippen molar-refractivity contribution < 1.29 is 14.6 Å². The van der Waals surface area contributed by atoms with Crippen LogP contribution in [0.4, 0.5) is 0 Å². The van der Waals surface area contributed by atoms with Gasteiger partial charge in [0.2, 0.25) is 5.56 Å². The van der Waals surface area contributed by atoms with Crippen molar-refractivity contribution in [2.24, 2.45) is 0 Å². The Kier molecular flexibility index (Phi) is 7.96. The monoisotopic (exact) mass is 496 g/mol. The maximum Gasteiger partial charge on any atom is 0.248 e. The van der Waals surface area contributed by atoms with Gasteiger partial charge in [-0.15, -0.1) is 0 Å². The third-order valence-electron chi connectivity index (χ3n) is 7.08. The number of aromatic amines is 1. The molecule has 7 heteroatoms. The zero-order chi connectivity index (χ0) is 26.0. The average molecular weight is 497 g/mol. The minimum absolute atomic E-state index is 0.0204. The van der Waals surface area contributed by atoms with Gasteiger partial charge in [0.1, 0.15) is 5.75 Å². The van der Waals surface area contributed by atoms with E-state index in [9.17, 15) is 15.0 Å². The molecule has 1 heterocycles. The van der Waals surface area contributed by atoms with Crippen molar-refractivity contribution >= 4 is 19.2 Å². The minimum Gasteiger partial charge on any atom is -0.506 e. The highest BCUT2D eigenvalue weighted by atomic mass is 28.4. The van der Waals surface area contributed by atoms with Gasteiger partial charge in [-0.3, -0.25) is 4.79 Å². The van der Waals surface area contributed by atoms with Crippen LogP contribution in [0.5, 0.6) is 5.75 Å². The number of pyridine rings is 1. The summed E-state index contributed by atoms with van der Waals surface area (Å²) in [7, 11) is -2.15. The molecule has 0 bridgehead atoms. The number of aliphatic hydroxyl groups excluding tert-OH is 1. The number of hydrogen-bond donors (Lipinski definition) is 4. The number of H-pyrrole nitrogens is 1. The predicted octanol–water partition coefficient (Wildman–Crippen LogP) is 5.40. The topological polar surface area (TPSA) is 94.6 Å². The fourth-order valence-corrected chi connectivity index (χ4v) is 5.34. The van der Waals surface area contributed by atoms with E-state index >= 15 is 0 Å². The molecule has 2 aromatic carbocycles. The van der Waals surface area contributed by atoms with Crippen molar-refractivity contribution in [3.63, 3.8) is 0 Å². The number of rotatable bonds is 9. The predicted molar refractivity (Wildman–Crippen MR) is 145 cm³/mol. The summed E-state index contributed by atoms with van der Waals surface area (Å²) in [4.78, 5) is 14.7. The summed E-state index contributed by atoms with van der Waals surface area (Å²) in [6.07, 6.45) is 0.519. The van der Waals surface area contributed by atoms with Gasteiger partial charge in [-0.25, -0.2) is 0 Å². The third-order valence-corrected chi connectivity index (χ3v) is 11.6. The van der Waals surface area contributed by atoms with Crippen molar-refractivity contribution in [3.05, 3.63) is 75.6 Å². The molecule has 4 N–H and O–H groups in total. The molecule has 3 aromatic rings. The van der Waals surface area contributed by atoms with Crippen LogP contribution in [0, 0.1) is 0 Å². The van der Waals surface area contributed by atoms with Crippen LogP contribution in [0.3, 0.4) is 0 Å². The molecule has 1 unspecified atom stereocenters. The first-order chi connectivity index (χ1) is 16.2. The average Bonchev–Trinajstić information content (AvgIpc) is 2.76. The highest BCUT2D eigenvalue weighted by Crippen LogP contribution is 2.41. The van der Waals surface area contributed by atoms with Crippen molar-refractivity contribution in [3.8, 4) is 5.75 Å². The van der Waals surface area contributed by atoms with Gasteiger partial charge in [0.05, 0.1) is 18.2 Å². The number of phenols is 1. The number of hydrogen-bond acceptors (Lipinski definition) is 5. The Morgan fingerprint density at radius 1 is 1.03 bits per heavy atom. The molecule has 0 saturated carbocycles. The van der Waals surface area contributed by atoms with E-state index in [1.807, 2.05) is 24.3 Å². The van der Waals surface area contributed by atoms with E-state index in [1.54, 1.807) is 12.1 Å². The molecule has 0 aliphatic carbocycles. The molecule has 3 rings (SSSR count). The number of benzene rings is 2. The van der Waals surface area contributed by atoms with Crippen molar-refractivity contribution in [2.45, 2.75) is 77.4 Å². The van der Waals surface area contributed by atoms with E-state index in [0.29, 0.717) is 12.1 Å². The molecule has 0 spiro atoms. The number of aromatic hydroxyl groups is 1. The van der Waals surface area contributed by atoms with Gasteiger partial charge in [-0.05, 0) is 67.2 Å². The number of fused-ring (bicyclic) bond motifs is 1. The SMILES string of the molecule is CC(C)(Cc1cccc(CO)c1)NCC(O[Si](C)(C)C(C)(C)C)c1ccc(O)c2[nH]c(=O)ccc12. The second-order valence-electron chi connectivity index (χ2n) is 11.6. The smallest absolute Gasteiger partial charge is 0.248 e. The summed E-state index contributed by atoms with van der Waals surface area (Å²) in [5.41, 5.74) is 2.94. The van der Waals surface area contributed by atoms with Crippen LogP contribution < -0.4 is 10.9 Å². The van der Waals surface area contributed by atoms with Crippen molar-refractivity contribution in [1.29, 1.82) is 0 Å². The number of aromatic nitrogens is 1.